The molecule has 1 aromatic carbocycles. The molecule has 3 heterocycles. The number of benzene rings is 1. The summed E-state index contributed by atoms with van der Waals surface area (Å²) in [5.41, 5.74) is 1.39. The molecule has 4 rings (SSSR count). The molecule has 3 aromatic rings. The molecule has 6 nitrogen and oxygen atoms in total. The van der Waals surface area contributed by atoms with Gasteiger partial charge in [0.25, 0.3) is 0 Å². The molecular weight excluding hydrogens is 404 g/mol. The van der Waals surface area contributed by atoms with Crippen molar-refractivity contribution in [3.63, 3.8) is 0 Å². The summed E-state index contributed by atoms with van der Waals surface area (Å²) in [5, 5.41) is 10.6. The molecule has 164 valence electrons. The van der Waals surface area contributed by atoms with Gasteiger partial charge in [-0.2, -0.15) is 0 Å². The Balaban J connectivity index is 1.21. The molecule has 0 bridgehead atoms. The Morgan fingerprint density at radius 3 is 2.74 bits per heavy atom. The van der Waals surface area contributed by atoms with Crippen molar-refractivity contribution in [1.82, 2.24) is 20.2 Å². The van der Waals surface area contributed by atoms with Crippen molar-refractivity contribution in [2.45, 2.75) is 44.8 Å². The lowest BCUT2D eigenvalue weighted by molar-refractivity contribution is 0.462. The first-order valence-corrected chi connectivity index (χ1v) is 12.0. The van der Waals surface area contributed by atoms with Gasteiger partial charge >= 0.3 is 0 Å². The van der Waals surface area contributed by atoms with E-state index in [1.807, 2.05) is 24.6 Å². The fraction of sp³-hybridized carbons (Fsp3) is 0.417. The number of thiophene rings is 1. The SMILES string of the molecule is CN=C(NCc1nccn1CCCc1ccccc1)NC1CCN(c2cccs2)CC1. The number of piperidine rings is 1. The molecule has 0 spiro atoms. The summed E-state index contributed by atoms with van der Waals surface area (Å²) in [4.78, 5) is 11.5. The average molecular weight is 437 g/mol. The van der Waals surface area contributed by atoms with Crippen molar-refractivity contribution in [3.8, 4) is 0 Å². The Hall–Kier alpha value is -2.80. The van der Waals surface area contributed by atoms with E-state index in [0.29, 0.717) is 12.6 Å². The minimum absolute atomic E-state index is 0.452. The maximum atomic E-state index is 4.55. The Bertz CT molecular complexity index is 926. The Morgan fingerprint density at radius 2 is 2.00 bits per heavy atom. The van der Waals surface area contributed by atoms with Crippen LogP contribution in [0, 0.1) is 0 Å². The molecule has 2 N–H and O–H groups in total. The van der Waals surface area contributed by atoms with Crippen LogP contribution in [0.3, 0.4) is 0 Å². The van der Waals surface area contributed by atoms with Gasteiger partial charge in [0.05, 0.1) is 11.5 Å². The minimum Gasteiger partial charge on any atom is -0.363 e. The Kier molecular flexibility index (Phi) is 7.60. The first-order valence-electron chi connectivity index (χ1n) is 11.1. The lowest BCUT2D eigenvalue weighted by Crippen LogP contribution is -2.48. The maximum absolute atomic E-state index is 4.55. The zero-order chi connectivity index (χ0) is 21.3. The van der Waals surface area contributed by atoms with Crippen LogP contribution in [0.25, 0.3) is 0 Å². The van der Waals surface area contributed by atoms with Crippen LogP contribution in [0.4, 0.5) is 5.00 Å². The van der Waals surface area contributed by atoms with Crippen LogP contribution in [0.5, 0.6) is 0 Å². The molecule has 2 aromatic heterocycles. The van der Waals surface area contributed by atoms with Gasteiger partial charge in [0, 0.05) is 45.1 Å². The standard InChI is InChI=1S/C24H32N6S/c1-25-24(28-21-11-15-30(16-12-21)23-10-6-18-31-23)27-19-22-26-13-17-29(22)14-5-9-20-7-3-2-4-8-20/h2-4,6-8,10,13,17-18,21H,5,9,11-12,14-16,19H2,1H3,(H2,25,27,28). The first-order chi connectivity index (χ1) is 15.3. The largest absolute Gasteiger partial charge is 0.363 e. The zero-order valence-electron chi connectivity index (χ0n) is 18.2. The lowest BCUT2D eigenvalue weighted by Gasteiger charge is -2.33. The second kappa shape index (κ2) is 11.0. The monoisotopic (exact) mass is 436 g/mol. The van der Waals surface area contributed by atoms with Gasteiger partial charge in [0.2, 0.25) is 0 Å². The number of anilines is 1. The number of rotatable bonds is 8. The molecule has 0 saturated carbocycles. The third-order valence-corrected chi connectivity index (χ3v) is 6.73. The average Bonchev–Trinajstić information content (AvgIpc) is 3.50. The molecule has 0 amide bonds. The summed E-state index contributed by atoms with van der Waals surface area (Å²) in [7, 11) is 1.84. The van der Waals surface area contributed by atoms with Crippen LogP contribution >= 0.6 is 11.3 Å². The molecular formula is C24H32N6S. The van der Waals surface area contributed by atoms with Gasteiger partial charge in [-0.05, 0) is 48.8 Å². The van der Waals surface area contributed by atoms with E-state index in [2.05, 4.69) is 84.1 Å². The highest BCUT2D eigenvalue weighted by Crippen LogP contribution is 2.24. The quantitative estimate of drug-likeness (QED) is 0.415. The smallest absolute Gasteiger partial charge is 0.191 e. The number of imidazole rings is 1. The zero-order valence-corrected chi connectivity index (χ0v) is 19.0. The fourth-order valence-corrected chi connectivity index (χ4v) is 4.84. The van der Waals surface area contributed by atoms with E-state index < -0.39 is 0 Å². The van der Waals surface area contributed by atoms with Gasteiger partial charge in [0.1, 0.15) is 5.82 Å². The number of aliphatic imine (C=N–C) groups is 1. The number of nitrogens with zero attached hydrogens (tertiary/aromatic N) is 4. The van der Waals surface area contributed by atoms with E-state index in [1.54, 1.807) is 0 Å². The van der Waals surface area contributed by atoms with E-state index in [1.165, 1.54) is 10.6 Å². The maximum Gasteiger partial charge on any atom is 0.191 e. The van der Waals surface area contributed by atoms with Gasteiger partial charge in [-0.3, -0.25) is 4.99 Å². The van der Waals surface area contributed by atoms with Crippen molar-refractivity contribution in [1.29, 1.82) is 0 Å². The van der Waals surface area contributed by atoms with E-state index in [9.17, 15) is 0 Å². The number of aryl methyl sites for hydroxylation is 2. The molecule has 0 radical (unpaired) electrons. The van der Waals surface area contributed by atoms with E-state index in [0.717, 1.165) is 57.1 Å². The lowest BCUT2D eigenvalue weighted by atomic mass is 10.1. The van der Waals surface area contributed by atoms with Crippen molar-refractivity contribution >= 4 is 22.3 Å². The molecule has 1 saturated heterocycles. The van der Waals surface area contributed by atoms with Gasteiger partial charge in [-0.1, -0.05) is 30.3 Å². The van der Waals surface area contributed by atoms with Crippen LogP contribution in [-0.4, -0.2) is 41.7 Å². The molecule has 31 heavy (non-hydrogen) atoms. The predicted octanol–water partition coefficient (Wildman–Crippen LogP) is 3.91. The summed E-state index contributed by atoms with van der Waals surface area (Å²) in [6, 6.07) is 15.4. The van der Waals surface area contributed by atoms with E-state index in [4.69, 9.17) is 0 Å². The number of aromatic nitrogens is 2. The van der Waals surface area contributed by atoms with Crippen LogP contribution in [0.2, 0.25) is 0 Å². The van der Waals surface area contributed by atoms with Gasteiger partial charge in [-0.25, -0.2) is 4.98 Å². The molecule has 1 aliphatic rings. The van der Waals surface area contributed by atoms with Gasteiger partial charge < -0.3 is 20.1 Å². The number of nitrogens with one attached hydrogen (secondary N) is 2. The predicted molar refractivity (Wildman–Crippen MR) is 130 cm³/mol. The third kappa shape index (κ3) is 6.10. The Labute approximate surface area is 189 Å². The summed E-state index contributed by atoms with van der Waals surface area (Å²) in [6.45, 7) is 3.81. The highest BCUT2D eigenvalue weighted by Gasteiger charge is 2.20. The van der Waals surface area contributed by atoms with Crippen molar-refractivity contribution in [2.75, 3.05) is 25.0 Å². The number of hydrogen-bond donors (Lipinski definition) is 2. The van der Waals surface area contributed by atoms with Crippen molar-refractivity contribution in [2.24, 2.45) is 4.99 Å². The summed E-state index contributed by atoms with van der Waals surface area (Å²) in [6.07, 6.45) is 8.37. The van der Waals surface area contributed by atoms with Crippen LogP contribution in [0.15, 0.2) is 65.2 Å². The van der Waals surface area contributed by atoms with E-state index >= 15 is 0 Å². The minimum atomic E-state index is 0.452. The topological polar surface area (TPSA) is 57.5 Å². The summed E-state index contributed by atoms with van der Waals surface area (Å²) >= 11 is 1.82. The summed E-state index contributed by atoms with van der Waals surface area (Å²) < 4.78 is 2.24. The second-order valence-electron chi connectivity index (χ2n) is 7.91. The normalized spacial score (nSPS) is 15.3. The van der Waals surface area contributed by atoms with E-state index in [-0.39, 0.29) is 0 Å². The Morgan fingerprint density at radius 1 is 1.16 bits per heavy atom. The molecule has 7 heteroatoms. The fourth-order valence-electron chi connectivity index (χ4n) is 4.05. The van der Waals surface area contributed by atoms with Gasteiger partial charge in [-0.15, -0.1) is 11.3 Å². The third-order valence-electron chi connectivity index (χ3n) is 5.80. The van der Waals surface area contributed by atoms with Crippen molar-refractivity contribution < 1.29 is 0 Å². The van der Waals surface area contributed by atoms with Crippen LogP contribution in [-0.2, 0) is 19.5 Å². The number of guanidine groups is 1. The second-order valence-corrected chi connectivity index (χ2v) is 8.83. The highest BCUT2D eigenvalue weighted by atomic mass is 32.1. The first kappa shape index (κ1) is 21.4. The highest BCUT2D eigenvalue weighted by molar-refractivity contribution is 7.14. The van der Waals surface area contributed by atoms with Crippen LogP contribution in [0.1, 0.15) is 30.7 Å². The van der Waals surface area contributed by atoms with Crippen molar-refractivity contribution in [3.05, 3.63) is 71.6 Å². The molecule has 0 atom stereocenters. The molecule has 0 unspecified atom stereocenters. The van der Waals surface area contributed by atoms with Crippen LogP contribution < -0.4 is 15.5 Å². The summed E-state index contributed by atoms with van der Waals surface area (Å²) in [5.74, 6) is 1.90. The number of hydrogen-bond acceptors (Lipinski definition) is 4. The molecule has 1 fully saturated rings. The molecule has 1 aliphatic heterocycles. The van der Waals surface area contributed by atoms with Gasteiger partial charge in [0.15, 0.2) is 5.96 Å². The molecule has 0 aliphatic carbocycles.